The molecule has 0 spiro atoms. The summed E-state index contributed by atoms with van der Waals surface area (Å²) in [5.41, 5.74) is 0. The molecule has 2 fully saturated rings. The molecule has 2 aliphatic rings. The summed E-state index contributed by atoms with van der Waals surface area (Å²) in [7, 11) is 0. The number of fused-ring (bicyclic) bond motifs is 1. The van der Waals surface area contributed by atoms with Gasteiger partial charge in [0.2, 0.25) is 11.8 Å². The van der Waals surface area contributed by atoms with Crippen molar-refractivity contribution >= 4 is 40.4 Å². The zero-order chi connectivity index (χ0) is 17.4. The molecule has 0 radical (unpaired) electrons. The summed E-state index contributed by atoms with van der Waals surface area (Å²) < 4.78 is 0. The molecule has 0 unspecified atom stereocenters. The van der Waals surface area contributed by atoms with Crippen molar-refractivity contribution in [3.8, 4) is 0 Å². The van der Waals surface area contributed by atoms with Gasteiger partial charge in [-0.3, -0.25) is 14.4 Å². The second kappa shape index (κ2) is 6.61. The molecular formula is C17H17N3O3S2. The van der Waals surface area contributed by atoms with Crippen LogP contribution in [0.4, 0.5) is 0 Å². The SMILES string of the molecule is O=C1N[C@H](Cc2cccs2)C(=O)N2CCN(C(=O)c3cccs3)C[C@@H]12. The summed E-state index contributed by atoms with van der Waals surface area (Å²) in [6, 6.07) is 6.41. The van der Waals surface area contributed by atoms with Crippen LogP contribution in [0.2, 0.25) is 0 Å². The summed E-state index contributed by atoms with van der Waals surface area (Å²) in [5.74, 6) is -0.304. The van der Waals surface area contributed by atoms with Crippen LogP contribution in [0.25, 0.3) is 0 Å². The minimum atomic E-state index is -0.593. The second-order valence-corrected chi connectivity index (χ2v) is 8.10. The molecule has 2 aromatic rings. The predicted octanol–water partition coefficient (Wildman–Crippen LogP) is 1.20. The molecule has 0 aromatic carbocycles. The Bertz CT molecular complexity index is 788. The van der Waals surface area contributed by atoms with E-state index in [9.17, 15) is 14.4 Å². The van der Waals surface area contributed by atoms with Crippen LogP contribution in [0.5, 0.6) is 0 Å². The number of hydrogen-bond acceptors (Lipinski definition) is 5. The molecule has 130 valence electrons. The predicted molar refractivity (Wildman–Crippen MR) is 95.7 cm³/mol. The van der Waals surface area contributed by atoms with Crippen molar-refractivity contribution in [2.75, 3.05) is 19.6 Å². The average Bonchev–Trinajstić information content (AvgIpc) is 3.32. The highest BCUT2D eigenvalue weighted by Crippen LogP contribution is 2.22. The molecular weight excluding hydrogens is 358 g/mol. The Labute approximate surface area is 153 Å². The molecule has 0 bridgehead atoms. The molecule has 2 aliphatic heterocycles. The lowest BCUT2D eigenvalue weighted by atomic mass is 10.0. The molecule has 4 heterocycles. The van der Waals surface area contributed by atoms with E-state index in [4.69, 9.17) is 0 Å². The van der Waals surface area contributed by atoms with Crippen LogP contribution in [0.15, 0.2) is 35.0 Å². The van der Waals surface area contributed by atoms with Gasteiger partial charge in [-0.2, -0.15) is 0 Å². The molecule has 6 nitrogen and oxygen atoms in total. The number of thiophene rings is 2. The number of amides is 3. The highest BCUT2D eigenvalue weighted by atomic mass is 32.1. The van der Waals surface area contributed by atoms with Crippen LogP contribution in [0, 0.1) is 0 Å². The lowest BCUT2D eigenvalue weighted by molar-refractivity contribution is -0.152. The van der Waals surface area contributed by atoms with Crippen LogP contribution < -0.4 is 5.32 Å². The first-order valence-corrected chi connectivity index (χ1v) is 9.85. The van der Waals surface area contributed by atoms with E-state index >= 15 is 0 Å². The van der Waals surface area contributed by atoms with Crippen LogP contribution in [0.1, 0.15) is 14.5 Å². The van der Waals surface area contributed by atoms with Crippen LogP contribution >= 0.6 is 22.7 Å². The molecule has 25 heavy (non-hydrogen) atoms. The number of carbonyl (C=O) groups excluding carboxylic acids is 3. The number of piperazine rings is 2. The lowest BCUT2D eigenvalue weighted by Crippen LogP contribution is -2.70. The van der Waals surface area contributed by atoms with Crippen molar-refractivity contribution in [1.82, 2.24) is 15.1 Å². The van der Waals surface area contributed by atoms with Crippen molar-refractivity contribution in [1.29, 1.82) is 0 Å². The molecule has 0 aliphatic carbocycles. The second-order valence-electron chi connectivity index (χ2n) is 6.12. The molecule has 2 saturated heterocycles. The normalized spacial score (nSPS) is 23.4. The summed E-state index contributed by atoms with van der Waals surface area (Å²) in [6.07, 6.45) is 0.517. The van der Waals surface area contributed by atoms with E-state index in [1.165, 1.54) is 11.3 Å². The Balaban J connectivity index is 1.47. The van der Waals surface area contributed by atoms with Crippen molar-refractivity contribution in [3.05, 3.63) is 44.8 Å². The number of nitrogens with one attached hydrogen (secondary N) is 1. The highest BCUT2D eigenvalue weighted by molar-refractivity contribution is 7.12. The van der Waals surface area contributed by atoms with Gasteiger partial charge in [0.1, 0.15) is 12.1 Å². The fourth-order valence-corrected chi connectivity index (χ4v) is 4.75. The van der Waals surface area contributed by atoms with E-state index in [0.29, 0.717) is 24.4 Å². The molecule has 3 amide bonds. The summed E-state index contributed by atoms with van der Waals surface area (Å²) in [4.78, 5) is 42.8. The number of carbonyl (C=O) groups is 3. The summed E-state index contributed by atoms with van der Waals surface area (Å²) in [5, 5.41) is 6.66. The van der Waals surface area contributed by atoms with Gasteiger partial charge in [0.25, 0.3) is 5.91 Å². The van der Waals surface area contributed by atoms with Crippen LogP contribution in [0.3, 0.4) is 0 Å². The summed E-state index contributed by atoms with van der Waals surface area (Å²) in [6.45, 7) is 1.10. The van der Waals surface area contributed by atoms with Gasteiger partial charge in [-0.1, -0.05) is 12.1 Å². The van der Waals surface area contributed by atoms with E-state index in [2.05, 4.69) is 5.32 Å². The third kappa shape index (κ3) is 3.07. The van der Waals surface area contributed by atoms with E-state index in [-0.39, 0.29) is 24.3 Å². The summed E-state index contributed by atoms with van der Waals surface area (Å²) >= 11 is 2.96. The van der Waals surface area contributed by atoms with E-state index in [1.807, 2.05) is 29.0 Å². The monoisotopic (exact) mass is 375 g/mol. The van der Waals surface area contributed by atoms with Gasteiger partial charge in [0.05, 0.1) is 11.4 Å². The maximum Gasteiger partial charge on any atom is 0.264 e. The zero-order valence-electron chi connectivity index (χ0n) is 13.4. The van der Waals surface area contributed by atoms with E-state index < -0.39 is 12.1 Å². The highest BCUT2D eigenvalue weighted by Gasteiger charge is 2.44. The third-order valence-electron chi connectivity index (χ3n) is 4.59. The minimum Gasteiger partial charge on any atom is -0.342 e. The van der Waals surface area contributed by atoms with Gasteiger partial charge >= 0.3 is 0 Å². The maximum atomic E-state index is 12.8. The van der Waals surface area contributed by atoms with Gasteiger partial charge in [-0.05, 0) is 22.9 Å². The van der Waals surface area contributed by atoms with E-state index in [0.717, 1.165) is 4.88 Å². The minimum absolute atomic E-state index is 0.0544. The lowest BCUT2D eigenvalue weighted by Gasteiger charge is -2.45. The Hall–Kier alpha value is -2.19. The standard InChI is InChI=1S/C17H17N3O3S2/c21-15-13-10-19(17(23)14-4-2-8-25-14)5-6-20(13)16(22)12(18-15)9-11-3-1-7-24-11/h1-4,7-8,12-13H,5-6,9-10H2,(H,18,21)/t12-,13+/m1/s1. The Morgan fingerprint density at radius 3 is 2.68 bits per heavy atom. The van der Waals surface area contributed by atoms with Crippen molar-refractivity contribution in [2.24, 2.45) is 0 Å². The number of nitrogens with zero attached hydrogens (tertiary/aromatic N) is 2. The first kappa shape index (κ1) is 16.3. The smallest absolute Gasteiger partial charge is 0.264 e. The van der Waals surface area contributed by atoms with Crippen LogP contribution in [-0.4, -0.2) is 59.2 Å². The average molecular weight is 375 g/mol. The largest absolute Gasteiger partial charge is 0.342 e. The fourth-order valence-electron chi connectivity index (χ4n) is 3.31. The number of hydrogen-bond donors (Lipinski definition) is 1. The van der Waals surface area contributed by atoms with Crippen molar-refractivity contribution in [3.63, 3.8) is 0 Å². The maximum absolute atomic E-state index is 12.8. The first-order valence-electron chi connectivity index (χ1n) is 8.09. The zero-order valence-corrected chi connectivity index (χ0v) is 15.0. The van der Waals surface area contributed by atoms with Crippen molar-refractivity contribution in [2.45, 2.75) is 18.5 Å². The van der Waals surface area contributed by atoms with Crippen LogP contribution in [-0.2, 0) is 16.0 Å². The van der Waals surface area contributed by atoms with E-state index in [1.54, 1.807) is 27.2 Å². The Kier molecular flexibility index (Phi) is 4.30. The molecule has 2 atom stereocenters. The molecule has 2 aromatic heterocycles. The molecule has 1 N–H and O–H groups in total. The molecule has 8 heteroatoms. The quantitative estimate of drug-likeness (QED) is 0.877. The molecule has 4 rings (SSSR count). The van der Waals surface area contributed by atoms with Gasteiger partial charge in [-0.15, -0.1) is 22.7 Å². The van der Waals surface area contributed by atoms with Gasteiger partial charge in [-0.25, -0.2) is 0 Å². The molecule has 0 saturated carbocycles. The fraction of sp³-hybridized carbons (Fsp3) is 0.353. The van der Waals surface area contributed by atoms with Gasteiger partial charge < -0.3 is 15.1 Å². The van der Waals surface area contributed by atoms with Crippen molar-refractivity contribution < 1.29 is 14.4 Å². The Morgan fingerprint density at radius 2 is 1.96 bits per heavy atom. The first-order chi connectivity index (χ1) is 12.1. The third-order valence-corrected chi connectivity index (χ3v) is 6.34. The number of rotatable bonds is 3. The topological polar surface area (TPSA) is 69.7 Å². The Morgan fingerprint density at radius 1 is 1.16 bits per heavy atom. The van der Waals surface area contributed by atoms with Gasteiger partial charge in [0.15, 0.2) is 0 Å². The van der Waals surface area contributed by atoms with Gasteiger partial charge in [0, 0.05) is 24.4 Å².